The van der Waals surface area contributed by atoms with Crippen molar-refractivity contribution in [3.8, 4) is 11.4 Å². The number of ketones is 1. The van der Waals surface area contributed by atoms with Crippen LogP contribution in [0, 0.1) is 17.8 Å². The third-order valence-electron chi connectivity index (χ3n) is 8.63. The smallest absolute Gasteiger partial charge is 0.256 e. The van der Waals surface area contributed by atoms with Crippen LogP contribution in [-0.4, -0.2) is 59.7 Å². The highest BCUT2D eigenvalue weighted by molar-refractivity contribution is 7.90. The molecule has 2 N–H and O–H groups in total. The largest absolute Gasteiger partial charge is 0.384 e. The topological polar surface area (TPSA) is 150 Å². The van der Waals surface area contributed by atoms with Crippen molar-refractivity contribution in [2.75, 3.05) is 17.2 Å². The van der Waals surface area contributed by atoms with Crippen LogP contribution in [-0.2, 0) is 16.6 Å². The standard InChI is InChI=1S/C30H35N9O3S/c40-29(22-5-6-22)25-16-34-28(13-26(25)33-14-20-1-3-21(4-2-20)17-38-12-11-31-19-38)36-27-9-10-32-30(37-27)23-15-35-39(18-23)43(41,42)24-7-8-24/h9-13,15-16,18-22,24H,1-8,14,17H2,(H2,32,33,34,36,37). The van der Waals surface area contributed by atoms with Gasteiger partial charge >= 0.3 is 0 Å². The second-order valence-electron chi connectivity index (χ2n) is 12.0. The Kier molecular flexibility index (Phi) is 7.41. The monoisotopic (exact) mass is 601 g/mol. The minimum Gasteiger partial charge on any atom is -0.384 e. The average Bonchev–Trinajstić information content (AvgIpc) is 3.95. The van der Waals surface area contributed by atoms with Crippen LogP contribution in [0.1, 0.15) is 61.7 Å². The van der Waals surface area contributed by atoms with E-state index in [0.29, 0.717) is 53.3 Å². The zero-order chi connectivity index (χ0) is 29.4. The molecule has 0 radical (unpaired) electrons. The van der Waals surface area contributed by atoms with E-state index >= 15 is 0 Å². The van der Waals surface area contributed by atoms with E-state index < -0.39 is 10.0 Å². The van der Waals surface area contributed by atoms with E-state index in [0.717, 1.165) is 48.5 Å². The lowest BCUT2D eigenvalue weighted by atomic mass is 9.82. The van der Waals surface area contributed by atoms with Crippen molar-refractivity contribution in [1.82, 2.24) is 33.7 Å². The first-order valence-corrected chi connectivity index (χ1v) is 16.6. The molecule has 3 aliphatic carbocycles. The summed E-state index contributed by atoms with van der Waals surface area (Å²) in [6.07, 6.45) is 19.8. The van der Waals surface area contributed by atoms with Gasteiger partial charge in [-0.3, -0.25) is 4.79 Å². The first-order chi connectivity index (χ1) is 20.9. The summed E-state index contributed by atoms with van der Waals surface area (Å²) >= 11 is 0. The van der Waals surface area contributed by atoms with Crippen molar-refractivity contribution in [2.45, 2.75) is 63.2 Å². The molecule has 224 valence electrons. The van der Waals surface area contributed by atoms with Crippen LogP contribution in [0.4, 0.5) is 17.3 Å². The van der Waals surface area contributed by atoms with Gasteiger partial charge in [0.25, 0.3) is 10.0 Å². The Morgan fingerprint density at radius 1 is 0.953 bits per heavy atom. The number of nitrogens with zero attached hydrogens (tertiary/aromatic N) is 7. The van der Waals surface area contributed by atoms with Crippen molar-refractivity contribution in [1.29, 1.82) is 0 Å². The Morgan fingerprint density at radius 2 is 1.77 bits per heavy atom. The van der Waals surface area contributed by atoms with E-state index in [1.807, 2.05) is 24.8 Å². The fraction of sp³-hybridized carbons (Fsp3) is 0.467. The molecular weight excluding hydrogens is 566 g/mol. The number of rotatable bonds is 12. The Hall–Kier alpha value is -4.13. The Bertz CT molecular complexity index is 1700. The van der Waals surface area contributed by atoms with E-state index in [1.54, 1.807) is 18.5 Å². The molecule has 13 heteroatoms. The molecule has 0 bridgehead atoms. The van der Waals surface area contributed by atoms with Gasteiger partial charge in [0.1, 0.15) is 11.6 Å². The normalized spacial score (nSPS) is 20.6. The molecule has 0 atom stereocenters. The maximum Gasteiger partial charge on any atom is 0.256 e. The van der Waals surface area contributed by atoms with E-state index in [9.17, 15) is 13.2 Å². The summed E-state index contributed by atoms with van der Waals surface area (Å²) in [6, 6.07) is 3.59. The van der Waals surface area contributed by atoms with Gasteiger partial charge in [-0.1, -0.05) is 0 Å². The second kappa shape index (κ2) is 11.5. The number of imidazole rings is 1. The highest BCUT2D eigenvalue weighted by Gasteiger charge is 2.38. The lowest BCUT2D eigenvalue weighted by Gasteiger charge is -2.29. The molecule has 0 aromatic carbocycles. The zero-order valence-corrected chi connectivity index (χ0v) is 24.7. The molecule has 0 aliphatic heterocycles. The van der Waals surface area contributed by atoms with Gasteiger partial charge in [-0.15, -0.1) is 0 Å². The number of pyridine rings is 1. The van der Waals surface area contributed by atoms with E-state index in [-0.39, 0.29) is 17.0 Å². The van der Waals surface area contributed by atoms with E-state index in [4.69, 9.17) is 0 Å². The minimum atomic E-state index is -3.47. The zero-order valence-electron chi connectivity index (χ0n) is 23.8. The Morgan fingerprint density at radius 3 is 2.51 bits per heavy atom. The van der Waals surface area contributed by atoms with E-state index in [1.165, 1.54) is 25.2 Å². The van der Waals surface area contributed by atoms with E-state index in [2.05, 4.69) is 40.2 Å². The predicted octanol–water partition coefficient (Wildman–Crippen LogP) is 4.53. The SMILES string of the molecule is O=C(c1cnc(Nc2ccnc(-c3cnn(S(=O)(=O)C4CC4)c3)n2)cc1NCC1CCC(Cn2ccnc2)CC1)C1CC1. The molecule has 0 unspecified atom stereocenters. The fourth-order valence-corrected chi connectivity index (χ4v) is 7.25. The predicted molar refractivity (Wildman–Crippen MR) is 161 cm³/mol. The number of carbonyl (C=O) groups excluding carboxylic acids is 1. The van der Waals surface area contributed by atoms with Gasteiger partial charge in [-0.2, -0.15) is 9.19 Å². The third kappa shape index (κ3) is 6.31. The minimum absolute atomic E-state index is 0.0915. The van der Waals surface area contributed by atoms with Crippen LogP contribution in [0.2, 0.25) is 0 Å². The lowest BCUT2D eigenvalue weighted by Crippen LogP contribution is -2.24. The molecule has 4 heterocycles. The second-order valence-corrected chi connectivity index (χ2v) is 14.1. The molecule has 12 nitrogen and oxygen atoms in total. The molecule has 3 saturated carbocycles. The van der Waals surface area contributed by atoms with Crippen LogP contribution in [0.15, 0.2) is 55.6 Å². The number of carbonyl (C=O) groups is 1. The van der Waals surface area contributed by atoms with Crippen LogP contribution < -0.4 is 10.6 Å². The molecule has 0 spiro atoms. The lowest BCUT2D eigenvalue weighted by molar-refractivity contribution is 0.0968. The number of hydrogen-bond donors (Lipinski definition) is 2. The van der Waals surface area contributed by atoms with Crippen LogP contribution in [0.5, 0.6) is 0 Å². The summed E-state index contributed by atoms with van der Waals surface area (Å²) in [5.74, 6) is 2.85. The number of anilines is 3. The summed E-state index contributed by atoms with van der Waals surface area (Å²) in [6.45, 7) is 1.82. The van der Waals surface area contributed by atoms with Gasteiger partial charge in [-0.25, -0.2) is 28.4 Å². The van der Waals surface area contributed by atoms with Crippen LogP contribution in [0.3, 0.4) is 0 Å². The molecule has 0 saturated heterocycles. The molecule has 0 amide bonds. The fourth-order valence-electron chi connectivity index (χ4n) is 5.77. The van der Waals surface area contributed by atoms with Crippen molar-refractivity contribution < 1.29 is 13.2 Å². The highest BCUT2D eigenvalue weighted by Crippen LogP contribution is 2.36. The van der Waals surface area contributed by atoms with Gasteiger partial charge in [0.05, 0.1) is 40.8 Å². The van der Waals surface area contributed by atoms with Crippen molar-refractivity contribution in [3.05, 3.63) is 61.2 Å². The number of nitrogens with one attached hydrogen (secondary N) is 2. The Balaban J connectivity index is 1.03. The van der Waals surface area contributed by atoms with Gasteiger partial charge in [-0.05, 0) is 69.3 Å². The maximum atomic E-state index is 13.1. The first-order valence-electron chi connectivity index (χ1n) is 15.1. The first kappa shape index (κ1) is 27.7. The summed E-state index contributed by atoms with van der Waals surface area (Å²) in [5.41, 5.74) is 1.93. The van der Waals surface area contributed by atoms with Crippen molar-refractivity contribution >= 4 is 33.1 Å². The van der Waals surface area contributed by atoms with Crippen molar-refractivity contribution in [2.24, 2.45) is 17.8 Å². The number of hydrogen-bond acceptors (Lipinski definition) is 10. The summed E-state index contributed by atoms with van der Waals surface area (Å²) in [7, 11) is -3.47. The van der Waals surface area contributed by atoms with Gasteiger partial charge in [0.2, 0.25) is 0 Å². The van der Waals surface area contributed by atoms with Crippen LogP contribution in [0.25, 0.3) is 11.4 Å². The van der Waals surface area contributed by atoms with Gasteiger partial charge < -0.3 is 15.2 Å². The molecule has 4 aromatic heterocycles. The summed E-state index contributed by atoms with van der Waals surface area (Å²) in [4.78, 5) is 30.7. The van der Waals surface area contributed by atoms with Crippen LogP contribution >= 0.6 is 0 Å². The van der Waals surface area contributed by atoms with Gasteiger partial charge in [0.15, 0.2) is 11.6 Å². The molecule has 4 aromatic rings. The summed E-state index contributed by atoms with van der Waals surface area (Å²) in [5, 5.41) is 10.5. The Labute approximate surface area is 250 Å². The molecule has 7 rings (SSSR count). The third-order valence-corrected chi connectivity index (χ3v) is 10.7. The maximum absolute atomic E-state index is 13.1. The number of Topliss-reactive ketones (excluding diaryl/α,β-unsaturated/α-hetero) is 1. The number of aromatic nitrogens is 7. The molecule has 3 aliphatic rings. The quantitative estimate of drug-likeness (QED) is 0.222. The molecule has 3 fully saturated rings. The average molecular weight is 602 g/mol. The van der Waals surface area contributed by atoms with Gasteiger partial charge in [0, 0.05) is 49.9 Å². The molecular formula is C30H35N9O3S. The summed E-state index contributed by atoms with van der Waals surface area (Å²) < 4.78 is 28.2. The van der Waals surface area contributed by atoms with Crippen molar-refractivity contribution in [3.63, 3.8) is 0 Å². The highest BCUT2D eigenvalue weighted by atomic mass is 32.2. The molecule has 43 heavy (non-hydrogen) atoms.